The van der Waals surface area contributed by atoms with Crippen molar-refractivity contribution in [1.29, 1.82) is 0 Å². The predicted molar refractivity (Wildman–Crippen MR) is 58.5 cm³/mol. The normalized spacial score (nSPS) is 13.0. The standard InChI is InChI=1S/C10H20N4O/c1-4-14-8-12-13-10(14)7-11-9(2)5-6-15-3/h8-9,11H,4-7H2,1-3H3. The lowest BCUT2D eigenvalue weighted by Crippen LogP contribution is -2.28. The average Bonchev–Trinajstić information content (AvgIpc) is 2.70. The highest BCUT2D eigenvalue weighted by Crippen LogP contribution is 1.97. The van der Waals surface area contributed by atoms with Gasteiger partial charge in [0, 0.05) is 26.3 Å². The molecule has 0 aliphatic rings. The molecule has 0 aliphatic carbocycles. The van der Waals surface area contributed by atoms with E-state index in [2.05, 4.69) is 29.4 Å². The van der Waals surface area contributed by atoms with Gasteiger partial charge >= 0.3 is 0 Å². The Morgan fingerprint density at radius 3 is 3.07 bits per heavy atom. The number of nitrogens with zero attached hydrogens (tertiary/aromatic N) is 3. The molecule has 15 heavy (non-hydrogen) atoms. The second-order valence-electron chi connectivity index (χ2n) is 3.60. The van der Waals surface area contributed by atoms with Crippen molar-refractivity contribution in [3.8, 4) is 0 Å². The van der Waals surface area contributed by atoms with Crippen LogP contribution in [0, 0.1) is 0 Å². The molecular weight excluding hydrogens is 192 g/mol. The summed E-state index contributed by atoms with van der Waals surface area (Å²) in [4.78, 5) is 0. The van der Waals surface area contributed by atoms with Crippen molar-refractivity contribution in [3.63, 3.8) is 0 Å². The summed E-state index contributed by atoms with van der Waals surface area (Å²) in [7, 11) is 1.72. The summed E-state index contributed by atoms with van der Waals surface area (Å²) in [5.41, 5.74) is 0. The number of hydrogen-bond acceptors (Lipinski definition) is 4. The highest BCUT2D eigenvalue weighted by molar-refractivity contribution is 4.85. The lowest BCUT2D eigenvalue weighted by Gasteiger charge is -2.12. The van der Waals surface area contributed by atoms with Crippen LogP contribution in [0.15, 0.2) is 6.33 Å². The first-order chi connectivity index (χ1) is 7.27. The van der Waals surface area contributed by atoms with E-state index < -0.39 is 0 Å². The molecule has 5 heteroatoms. The Labute approximate surface area is 90.8 Å². The quantitative estimate of drug-likeness (QED) is 0.727. The molecule has 1 rings (SSSR count). The first-order valence-electron chi connectivity index (χ1n) is 5.37. The van der Waals surface area contributed by atoms with Gasteiger partial charge in [-0.15, -0.1) is 10.2 Å². The van der Waals surface area contributed by atoms with Crippen LogP contribution in [0.5, 0.6) is 0 Å². The zero-order chi connectivity index (χ0) is 11.1. The van der Waals surface area contributed by atoms with Crippen LogP contribution in [0.1, 0.15) is 26.1 Å². The van der Waals surface area contributed by atoms with E-state index in [1.807, 2.05) is 4.57 Å². The van der Waals surface area contributed by atoms with Crippen LogP contribution in [0.4, 0.5) is 0 Å². The van der Waals surface area contributed by atoms with Gasteiger partial charge in [-0.25, -0.2) is 0 Å². The SMILES string of the molecule is CCn1cnnc1CNC(C)CCOC. The van der Waals surface area contributed by atoms with Gasteiger partial charge in [-0.3, -0.25) is 0 Å². The van der Waals surface area contributed by atoms with Crippen LogP contribution >= 0.6 is 0 Å². The molecule has 0 aliphatic heterocycles. The summed E-state index contributed by atoms with van der Waals surface area (Å²) in [6, 6.07) is 0.437. The maximum atomic E-state index is 5.02. The smallest absolute Gasteiger partial charge is 0.146 e. The highest BCUT2D eigenvalue weighted by Gasteiger charge is 2.05. The molecule has 1 aromatic rings. The van der Waals surface area contributed by atoms with E-state index in [1.54, 1.807) is 13.4 Å². The largest absolute Gasteiger partial charge is 0.385 e. The second-order valence-corrected chi connectivity index (χ2v) is 3.60. The number of ether oxygens (including phenoxy) is 1. The van der Waals surface area contributed by atoms with Crippen LogP contribution in [-0.2, 0) is 17.8 Å². The number of methoxy groups -OCH3 is 1. The number of nitrogens with one attached hydrogen (secondary N) is 1. The molecule has 0 radical (unpaired) electrons. The Morgan fingerprint density at radius 1 is 1.60 bits per heavy atom. The Kier molecular flexibility index (Phi) is 5.28. The first kappa shape index (κ1) is 12.1. The van der Waals surface area contributed by atoms with Gasteiger partial charge in [-0.1, -0.05) is 0 Å². The molecule has 0 saturated carbocycles. The molecule has 0 aromatic carbocycles. The summed E-state index contributed by atoms with van der Waals surface area (Å²) in [5.74, 6) is 0.988. The number of rotatable bonds is 7. The van der Waals surface area contributed by atoms with Crippen molar-refractivity contribution in [2.24, 2.45) is 0 Å². The molecule has 5 nitrogen and oxygen atoms in total. The third-order valence-corrected chi connectivity index (χ3v) is 2.40. The number of aromatic nitrogens is 3. The number of hydrogen-bond donors (Lipinski definition) is 1. The maximum absolute atomic E-state index is 5.02. The topological polar surface area (TPSA) is 52.0 Å². The first-order valence-corrected chi connectivity index (χ1v) is 5.37. The van der Waals surface area contributed by atoms with Crippen LogP contribution in [-0.4, -0.2) is 34.5 Å². The molecule has 0 spiro atoms. The molecule has 1 N–H and O–H groups in total. The monoisotopic (exact) mass is 212 g/mol. The summed E-state index contributed by atoms with van der Waals surface area (Å²) in [6.07, 6.45) is 2.77. The minimum absolute atomic E-state index is 0.437. The second kappa shape index (κ2) is 6.53. The lowest BCUT2D eigenvalue weighted by molar-refractivity contribution is 0.184. The van der Waals surface area contributed by atoms with Crippen molar-refractivity contribution in [3.05, 3.63) is 12.2 Å². The number of aryl methyl sites for hydroxylation is 1. The van der Waals surface area contributed by atoms with Gasteiger partial charge in [0.25, 0.3) is 0 Å². The molecule has 0 saturated heterocycles. The molecular formula is C10H20N4O. The van der Waals surface area contributed by atoms with E-state index in [-0.39, 0.29) is 0 Å². The molecule has 1 unspecified atom stereocenters. The fourth-order valence-electron chi connectivity index (χ4n) is 1.34. The van der Waals surface area contributed by atoms with Crippen LogP contribution < -0.4 is 5.32 Å². The fourth-order valence-corrected chi connectivity index (χ4v) is 1.34. The van der Waals surface area contributed by atoms with E-state index in [0.29, 0.717) is 6.04 Å². The lowest BCUT2D eigenvalue weighted by atomic mass is 10.2. The van der Waals surface area contributed by atoms with Gasteiger partial charge in [0.15, 0.2) is 0 Å². The van der Waals surface area contributed by atoms with E-state index in [0.717, 1.165) is 31.9 Å². The molecule has 0 amide bonds. The zero-order valence-corrected chi connectivity index (χ0v) is 9.73. The Balaban J connectivity index is 2.30. The van der Waals surface area contributed by atoms with E-state index in [1.165, 1.54) is 0 Å². The predicted octanol–water partition coefficient (Wildman–Crippen LogP) is 0.813. The van der Waals surface area contributed by atoms with E-state index in [4.69, 9.17) is 4.74 Å². The fraction of sp³-hybridized carbons (Fsp3) is 0.800. The van der Waals surface area contributed by atoms with E-state index >= 15 is 0 Å². The Bertz CT molecular complexity index is 274. The van der Waals surface area contributed by atoms with Crippen molar-refractivity contribution in [2.75, 3.05) is 13.7 Å². The molecule has 1 atom stereocenters. The van der Waals surface area contributed by atoms with E-state index in [9.17, 15) is 0 Å². The van der Waals surface area contributed by atoms with Gasteiger partial charge in [0.2, 0.25) is 0 Å². The summed E-state index contributed by atoms with van der Waals surface area (Å²) in [6.45, 7) is 6.69. The van der Waals surface area contributed by atoms with Crippen molar-refractivity contribution >= 4 is 0 Å². The molecule has 0 bridgehead atoms. The molecule has 0 fully saturated rings. The summed E-state index contributed by atoms with van der Waals surface area (Å²) >= 11 is 0. The average molecular weight is 212 g/mol. The van der Waals surface area contributed by atoms with Gasteiger partial charge in [-0.05, 0) is 20.3 Å². The molecule has 1 aromatic heterocycles. The minimum atomic E-state index is 0.437. The zero-order valence-electron chi connectivity index (χ0n) is 9.73. The van der Waals surface area contributed by atoms with Gasteiger partial charge < -0.3 is 14.6 Å². The Morgan fingerprint density at radius 2 is 2.40 bits per heavy atom. The van der Waals surface area contributed by atoms with Gasteiger partial charge in [0.05, 0.1) is 6.54 Å². The van der Waals surface area contributed by atoms with Crippen LogP contribution in [0.2, 0.25) is 0 Å². The third-order valence-electron chi connectivity index (χ3n) is 2.40. The van der Waals surface area contributed by atoms with Gasteiger partial charge in [-0.2, -0.15) is 0 Å². The summed E-state index contributed by atoms with van der Waals surface area (Å²) < 4.78 is 7.06. The molecule has 1 heterocycles. The maximum Gasteiger partial charge on any atom is 0.146 e. The van der Waals surface area contributed by atoms with Crippen molar-refractivity contribution in [1.82, 2.24) is 20.1 Å². The van der Waals surface area contributed by atoms with Gasteiger partial charge in [0.1, 0.15) is 12.2 Å². The van der Waals surface area contributed by atoms with Crippen LogP contribution in [0.25, 0.3) is 0 Å². The minimum Gasteiger partial charge on any atom is -0.385 e. The summed E-state index contributed by atoms with van der Waals surface area (Å²) in [5, 5.41) is 11.3. The third kappa shape index (κ3) is 3.97. The molecule has 86 valence electrons. The Hall–Kier alpha value is -0.940. The van der Waals surface area contributed by atoms with Crippen molar-refractivity contribution in [2.45, 2.75) is 39.4 Å². The van der Waals surface area contributed by atoms with Crippen LogP contribution in [0.3, 0.4) is 0 Å². The highest BCUT2D eigenvalue weighted by atomic mass is 16.5. The van der Waals surface area contributed by atoms with Crippen molar-refractivity contribution < 1.29 is 4.74 Å².